The molecule has 3 unspecified atom stereocenters. The molecule has 0 radical (unpaired) electrons. The van der Waals surface area contributed by atoms with Crippen molar-refractivity contribution in [3.8, 4) is 0 Å². The summed E-state index contributed by atoms with van der Waals surface area (Å²) in [5.41, 5.74) is 0. The lowest BCUT2D eigenvalue weighted by Gasteiger charge is -2.18. The zero-order valence-corrected chi connectivity index (χ0v) is 11.7. The van der Waals surface area contributed by atoms with Crippen molar-refractivity contribution in [2.75, 3.05) is 12.3 Å². The maximum absolute atomic E-state index is 11.8. The first kappa shape index (κ1) is 15.1. The number of hydrogen-bond acceptors (Lipinski definition) is 2. The molecule has 0 amide bonds. The van der Waals surface area contributed by atoms with Crippen LogP contribution in [0.3, 0.4) is 0 Å². The minimum Gasteiger partial charge on any atom is -0.314 e. The Morgan fingerprint density at radius 1 is 1.20 bits per heavy atom. The molecule has 3 heteroatoms. The highest BCUT2D eigenvalue weighted by atomic mass is 32.2. The van der Waals surface area contributed by atoms with E-state index in [1.165, 1.54) is 0 Å². The lowest BCUT2D eigenvalue weighted by atomic mass is 10.2. The van der Waals surface area contributed by atoms with E-state index in [-0.39, 0.29) is 0 Å². The van der Waals surface area contributed by atoms with Crippen molar-refractivity contribution in [2.24, 2.45) is 5.92 Å². The molecule has 0 rings (SSSR count). The first-order valence-corrected chi connectivity index (χ1v) is 7.46. The van der Waals surface area contributed by atoms with Crippen LogP contribution in [-0.4, -0.2) is 27.8 Å². The Balaban J connectivity index is 3.80. The number of nitrogens with one attached hydrogen (secondary N) is 1. The second-order valence-electron chi connectivity index (χ2n) is 4.84. The van der Waals surface area contributed by atoms with Crippen molar-refractivity contribution in [1.82, 2.24) is 5.32 Å². The summed E-state index contributed by atoms with van der Waals surface area (Å²) in [5, 5.41) is 3.75. The normalized spacial score (nSPS) is 17.7. The highest BCUT2D eigenvalue weighted by Crippen LogP contribution is 2.08. The number of hydrogen-bond donors (Lipinski definition) is 1. The Morgan fingerprint density at radius 3 is 2.27 bits per heavy atom. The molecule has 3 atom stereocenters. The fourth-order valence-corrected chi connectivity index (χ4v) is 3.06. The third-order valence-corrected chi connectivity index (χ3v) is 4.46. The van der Waals surface area contributed by atoms with Crippen molar-refractivity contribution in [3.63, 3.8) is 0 Å². The smallest absolute Gasteiger partial charge is 0.0334 e. The van der Waals surface area contributed by atoms with E-state index in [9.17, 15) is 4.21 Å². The summed E-state index contributed by atoms with van der Waals surface area (Å²) in [6.45, 7) is 11.8. The average Bonchev–Trinajstić information content (AvgIpc) is 2.13. The molecule has 0 aromatic carbocycles. The Bertz CT molecular complexity index is 182. The molecule has 1 N–H and O–H groups in total. The van der Waals surface area contributed by atoms with Gasteiger partial charge in [0.1, 0.15) is 0 Å². The first-order valence-electron chi connectivity index (χ1n) is 6.07. The summed E-state index contributed by atoms with van der Waals surface area (Å²) < 4.78 is 11.8. The summed E-state index contributed by atoms with van der Waals surface area (Å²) >= 11 is 0. The number of rotatable bonds is 8. The molecule has 0 aliphatic carbocycles. The molecule has 0 aromatic rings. The standard InChI is InChI=1S/C12H27NOS/c1-6-7-13-11(4)8-12(5)15(14)9-10(2)3/h10-13H,6-9H2,1-5H3. The predicted molar refractivity (Wildman–Crippen MR) is 69.7 cm³/mol. The molecule has 0 saturated carbocycles. The fraction of sp³-hybridized carbons (Fsp3) is 1.00. The van der Waals surface area contributed by atoms with E-state index in [1.807, 2.05) is 0 Å². The summed E-state index contributed by atoms with van der Waals surface area (Å²) in [5.74, 6) is 1.37. The Morgan fingerprint density at radius 2 is 1.80 bits per heavy atom. The summed E-state index contributed by atoms with van der Waals surface area (Å²) in [6, 6.07) is 0.482. The van der Waals surface area contributed by atoms with Gasteiger partial charge in [0.25, 0.3) is 0 Å². The van der Waals surface area contributed by atoms with Crippen LogP contribution >= 0.6 is 0 Å². The Hall–Kier alpha value is 0.110. The van der Waals surface area contributed by atoms with Gasteiger partial charge in [0, 0.05) is 27.8 Å². The van der Waals surface area contributed by atoms with Crippen LogP contribution in [0.25, 0.3) is 0 Å². The van der Waals surface area contributed by atoms with E-state index in [1.54, 1.807) is 0 Å². The van der Waals surface area contributed by atoms with E-state index in [2.05, 4.69) is 39.9 Å². The molecule has 0 fully saturated rings. The van der Waals surface area contributed by atoms with Crippen LogP contribution in [0.2, 0.25) is 0 Å². The van der Waals surface area contributed by atoms with E-state index in [0.29, 0.717) is 17.2 Å². The molecular weight excluding hydrogens is 206 g/mol. The van der Waals surface area contributed by atoms with Crippen LogP contribution in [0.15, 0.2) is 0 Å². The minimum atomic E-state index is -0.661. The van der Waals surface area contributed by atoms with E-state index in [0.717, 1.165) is 25.1 Å². The van der Waals surface area contributed by atoms with Gasteiger partial charge in [0.05, 0.1) is 0 Å². The zero-order valence-electron chi connectivity index (χ0n) is 10.9. The fourth-order valence-electron chi connectivity index (χ4n) is 1.57. The van der Waals surface area contributed by atoms with Crippen LogP contribution in [0.1, 0.15) is 47.5 Å². The molecule has 2 nitrogen and oxygen atoms in total. The van der Waals surface area contributed by atoms with Gasteiger partial charge in [-0.25, -0.2) is 0 Å². The van der Waals surface area contributed by atoms with Gasteiger partial charge in [0.15, 0.2) is 0 Å². The largest absolute Gasteiger partial charge is 0.314 e. The third-order valence-electron chi connectivity index (χ3n) is 2.37. The Labute approximate surface area is 97.7 Å². The third kappa shape index (κ3) is 7.97. The van der Waals surface area contributed by atoms with E-state index < -0.39 is 10.8 Å². The van der Waals surface area contributed by atoms with Gasteiger partial charge >= 0.3 is 0 Å². The highest BCUT2D eigenvalue weighted by molar-refractivity contribution is 7.85. The SMILES string of the molecule is CCCNC(C)CC(C)S(=O)CC(C)C. The van der Waals surface area contributed by atoms with E-state index in [4.69, 9.17) is 0 Å². The minimum absolute atomic E-state index is 0.312. The van der Waals surface area contributed by atoms with Crippen LogP contribution < -0.4 is 5.32 Å². The van der Waals surface area contributed by atoms with Crippen LogP contribution in [0, 0.1) is 5.92 Å². The molecule has 0 aromatic heterocycles. The second-order valence-corrected chi connectivity index (χ2v) is 6.74. The lowest BCUT2D eigenvalue weighted by Crippen LogP contribution is -2.32. The molecule has 92 valence electrons. The van der Waals surface area contributed by atoms with Crippen LogP contribution in [0.4, 0.5) is 0 Å². The molecule has 0 bridgehead atoms. The summed E-state index contributed by atoms with van der Waals surface area (Å²) in [4.78, 5) is 0. The topological polar surface area (TPSA) is 29.1 Å². The van der Waals surface area contributed by atoms with Crippen molar-refractivity contribution in [3.05, 3.63) is 0 Å². The van der Waals surface area contributed by atoms with Crippen molar-refractivity contribution in [1.29, 1.82) is 0 Å². The second kappa shape index (κ2) is 8.28. The molecule has 0 aliphatic heterocycles. The summed E-state index contributed by atoms with van der Waals surface area (Å²) in [7, 11) is -0.661. The van der Waals surface area contributed by atoms with Crippen LogP contribution in [0.5, 0.6) is 0 Å². The monoisotopic (exact) mass is 233 g/mol. The summed E-state index contributed by atoms with van der Waals surface area (Å²) in [6.07, 6.45) is 2.17. The van der Waals surface area contributed by atoms with Crippen LogP contribution in [-0.2, 0) is 10.8 Å². The van der Waals surface area contributed by atoms with Gasteiger partial charge in [0.2, 0.25) is 0 Å². The van der Waals surface area contributed by atoms with Gasteiger partial charge < -0.3 is 5.32 Å². The molecule has 0 heterocycles. The first-order chi connectivity index (χ1) is 6.97. The molecular formula is C12H27NOS. The maximum Gasteiger partial charge on any atom is 0.0334 e. The predicted octanol–water partition coefficient (Wildman–Crippen LogP) is 2.56. The molecule has 0 aliphatic rings. The van der Waals surface area contributed by atoms with Gasteiger partial charge in [-0.3, -0.25) is 4.21 Å². The van der Waals surface area contributed by atoms with Crippen molar-refractivity contribution < 1.29 is 4.21 Å². The molecule has 0 saturated heterocycles. The average molecular weight is 233 g/mol. The van der Waals surface area contributed by atoms with E-state index >= 15 is 0 Å². The molecule has 0 spiro atoms. The van der Waals surface area contributed by atoms with Crippen molar-refractivity contribution in [2.45, 2.75) is 58.8 Å². The lowest BCUT2D eigenvalue weighted by molar-refractivity contribution is 0.507. The van der Waals surface area contributed by atoms with Gasteiger partial charge in [-0.15, -0.1) is 0 Å². The van der Waals surface area contributed by atoms with Crippen molar-refractivity contribution >= 4 is 10.8 Å². The zero-order chi connectivity index (χ0) is 11.8. The van der Waals surface area contributed by atoms with Gasteiger partial charge in [-0.2, -0.15) is 0 Å². The molecule has 15 heavy (non-hydrogen) atoms. The highest BCUT2D eigenvalue weighted by Gasteiger charge is 2.15. The van der Waals surface area contributed by atoms with Gasteiger partial charge in [-0.05, 0) is 32.2 Å². The quantitative estimate of drug-likeness (QED) is 0.698. The Kier molecular flexibility index (Phi) is 8.34. The van der Waals surface area contributed by atoms with Gasteiger partial charge in [-0.1, -0.05) is 27.7 Å². The maximum atomic E-state index is 11.8.